The van der Waals surface area contributed by atoms with Crippen LogP contribution in [-0.4, -0.2) is 75.3 Å². The normalized spacial score (nSPS) is 30.2. The number of hydrogen-bond donors (Lipinski definition) is 1. The molecule has 7 heteroatoms. The van der Waals surface area contributed by atoms with Crippen LogP contribution < -0.4 is 0 Å². The third-order valence-corrected chi connectivity index (χ3v) is 7.86. The van der Waals surface area contributed by atoms with Crippen LogP contribution in [0.15, 0.2) is 24.3 Å². The van der Waals surface area contributed by atoms with Crippen molar-refractivity contribution >= 4 is 16.9 Å². The number of esters is 1. The summed E-state index contributed by atoms with van der Waals surface area (Å²) in [5.74, 6) is 0.811. The summed E-state index contributed by atoms with van der Waals surface area (Å²) in [6, 6.07) is 8.58. The highest BCUT2D eigenvalue weighted by atomic mass is 16.7. The first-order valence-corrected chi connectivity index (χ1v) is 12.3. The van der Waals surface area contributed by atoms with Gasteiger partial charge in [-0.15, -0.1) is 0 Å². The van der Waals surface area contributed by atoms with Gasteiger partial charge in [-0.2, -0.15) is 0 Å². The second kappa shape index (κ2) is 9.74. The van der Waals surface area contributed by atoms with Gasteiger partial charge in [0.15, 0.2) is 0 Å². The first-order valence-electron chi connectivity index (χ1n) is 12.3. The van der Waals surface area contributed by atoms with Crippen LogP contribution in [0.1, 0.15) is 37.4 Å². The van der Waals surface area contributed by atoms with Crippen molar-refractivity contribution in [2.45, 2.75) is 44.1 Å². The zero-order chi connectivity index (χ0) is 22.8. The lowest BCUT2D eigenvalue weighted by Crippen LogP contribution is -2.67. The molecule has 2 aromatic rings. The smallest absolute Gasteiger partial charge is 0.319 e. The average molecular weight is 457 g/mol. The van der Waals surface area contributed by atoms with Gasteiger partial charge in [0.1, 0.15) is 12.2 Å². The third-order valence-electron chi connectivity index (χ3n) is 7.86. The van der Waals surface area contributed by atoms with Crippen LogP contribution in [0.5, 0.6) is 0 Å². The van der Waals surface area contributed by atoms with E-state index in [0.717, 1.165) is 50.0 Å². The second-order valence-electron chi connectivity index (χ2n) is 9.69. The van der Waals surface area contributed by atoms with Gasteiger partial charge in [-0.05, 0) is 56.1 Å². The first kappa shape index (κ1) is 22.8. The molecule has 3 fully saturated rings. The Labute approximate surface area is 195 Å². The van der Waals surface area contributed by atoms with E-state index in [1.807, 2.05) is 6.92 Å². The number of fused-ring (bicyclic) bond motifs is 4. The Morgan fingerprint density at radius 3 is 2.91 bits per heavy atom. The Hall–Kier alpha value is -1.93. The van der Waals surface area contributed by atoms with Crippen LogP contribution in [0.4, 0.5) is 0 Å². The van der Waals surface area contributed by atoms with Crippen LogP contribution in [0.2, 0.25) is 0 Å². The lowest BCUT2D eigenvalue weighted by Gasteiger charge is -2.58. The highest BCUT2D eigenvalue weighted by Crippen LogP contribution is 2.55. The maximum absolute atomic E-state index is 13.8. The van der Waals surface area contributed by atoms with Crippen LogP contribution in [-0.2, 0) is 35.6 Å². The largest absolute Gasteiger partial charge is 0.465 e. The molecule has 3 aliphatic heterocycles. The van der Waals surface area contributed by atoms with Crippen LogP contribution in [0.3, 0.4) is 0 Å². The van der Waals surface area contributed by atoms with Gasteiger partial charge in [0.05, 0.1) is 19.8 Å². The van der Waals surface area contributed by atoms with E-state index < -0.39 is 5.41 Å². The second-order valence-corrected chi connectivity index (χ2v) is 9.69. The van der Waals surface area contributed by atoms with Gasteiger partial charge >= 0.3 is 5.97 Å². The number of benzene rings is 1. The molecule has 1 aliphatic carbocycles. The van der Waals surface area contributed by atoms with Crippen LogP contribution in [0, 0.1) is 11.8 Å². The van der Waals surface area contributed by atoms with Crippen molar-refractivity contribution in [1.29, 1.82) is 0 Å². The Kier molecular flexibility index (Phi) is 6.74. The molecule has 1 aromatic carbocycles. The van der Waals surface area contributed by atoms with Crippen molar-refractivity contribution in [2.75, 3.05) is 53.4 Å². The molecule has 6 rings (SSSR count). The monoisotopic (exact) mass is 456 g/mol. The topological polar surface area (TPSA) is 73.0 Å². The van der Waals surface area contributed by atoms with Crippen molar-refractivity contribution in [3.8, 4) is 0 Å². The van der Waals surface area contributed by atoms with Crippen molar-refractivity contribution in [3.05, 3.63) is 35.5 Å². The summed E-state index contributed by atoms with van der Waals surface area (Å²) in [6.07, 6.45) is 3.89. The molecule has 1 N–H and O–H groups in total. The van der Waals surface area contributed by atoms with Crippen LogP contribution in [0.25, 0.3) is 10.9 Å². The summed E-state index contributed by atoms with van der Waals surface area (Å²) in [5, 5.41) is 1.24. The van der Waals surface area contributed by atoms with Crippen molar-refractivity contribution in [3.63, 3.8) is 0 Å². The van der Waals surface area contributed by atoms with Crippen molar-refractivity contribution < 1.29 is 23.7 Å². The minimum Gasteiger partial charge on any atom is -0.465 e. The minimum atomic E-state index is -0.637. The van der Waals surface area contributed by atoms with Crippen molar-refractivity contribution in [1.82, 2.24) is 9.88 Å². The summed E-state index contributed by atoms with van der Waals surface area (Å²) in [7, 11) is 1.66. The number of nitrogens with zero attached hydrogens (tertiary/aromatic N) is 1. The fourth-order valence-corrected chi connectivity index (χ4v) is 6.78. The van der Waals surface area contributed by atoms with E-state index in [0.29, 0.717) is 38.3 Å². The molecule has 4 heterocycles. The van der Waals surface area contributed by atoms with Gasteiger partial charge in [0.2, 0.25) is 0 Å². The maximum atomic E-state index is 13.8. The number of methoxy groups -OCH3 is 1. The number of carbonyl (C=O) groups excluding carboxylic acids is 1. The first-order chi connectivity index (χ1) is 16.2. The molecular formula is C26H36N2O5. The lowest BCUT2D eigenvalue weighted by atomic mass is 9.56. The number of aromatic amines is 1. The number of ether oxygens (including phenoxy) is 4. The van der Waals surface area contributed by atoms with Gasteiger partial charge in [-0.25, -0.2) is 0 Å². The number of hydrogen-bond acceptors (Lipinski definition) is 6. The molecule has 5 atom stereocenters. The van der Waals surface area contributed by atoms with E-state index in [2.05, 4.69) is 34.1 Å². The Morgan fingerprint density at radius 2 is 2.06 bits per heavy atom. The summed E-state index contributed by atoms with van der Waals surface area (Å²) >= 11 is 0. The highest BCUT2D eigenvalue weighted by Gasteiger charge is 2.63. The van der Waals surface area contributed by atoms with E-state index in [1.165, 1.54) is 10.9 Å². The number of rotatable bonds is 10. The predicted octanol–water partition coefficient (Wildman–Crippen LogP) is 3.26. The van der Waals surface area contributed by atoms with Gasteiger partial charge in [0.25, 0.3) is 0 Å². The molecule has 0 radical (unpaired) electrons. The third kappa shape index (κ3) is 3.99. The summed E-state index contributed by atoms with van der Waals surface area (Å²) in [6.45, 7) is 6.38. The molecule has 4 unspecified atom stereocenters. The molecule has 4 bridgehead atoms. The van der Waals surface area contributed by atoms with Gasteiger partial charge < -0.3 is 23.9 Å². The molecule has 0 spiro atoms. The molecule has 0 amide bonds. The van der Waals surface area contributed by atoms with Gasteiger partial charge in [0, 0.05) is 49.4 Å². The van der Waals surface area contributed by atoms with Gasteiger partial charge in [-0.1, -0.05) is 18.2 Å². The zero-order valence-electron chi connectivity index (χ0n) is 19.8. The Morgan fingerprint density at radius 1 is 1.21 bits per heavy atom. The van der Waals surface area contributed by atoms with E-state index in [1.54, 1.807) is 7.11 Å². The summed E-state index contributed by atoms with van der Waals surface area (Å²) in [5.41, 5.74) is 2.89. The number of carbonyl (C=O) groups is 1. The van der Waals surface area contributed by atoms with Gasteiger partial charge in [-0.3, -0.25) is 9.69 Å². The predicted molar refractivity (Wildman–Crippen MR) is 125 cm³/mol. The fourth-order valence-electron chi connectivity index (χ4n) is 6.78. The van der Waals surface area contributed by atoms with E-state index in [4.69, 9.17) is 18.9 Å². The molecular weight excluding hydrogens is 420 g/mol. The van der Waals surface area contributed by atoms with Crippen molar-refractivity contribution in [2.24, 2.45) is 11.8 Å². The van der Waals surface area contributed by atoms with E-state index in [9.17, 15) is 4.79 Å². The number of H-pyrrole nitrogens is 1. The molecule has 2 saturated heterocycles. The number of piperidine rings is 2. The fraction of sp³-hybridized carbons (Fsp3) is 0.654. The standard InChI is InChI=1S/C26H36N2O5/c1-3-33-25(29)26-15-18-14-19(9-11-31-17-32-13-12-30-2)24(26)28(16-18)10-8-21-20-6-4-5-7-22(20)27-23(21)26/h4-7,18-19,24,27H,3,8-17H2,1-2H3/t18-,19?,24?,26?/m0/s1. The Balaban J connectivity index is 1.45. The zero-order valence-corrected chi connectivity index (χ0v) is 19.8. The minimum absolute atomic E-state index is 0.0621. The quantitative estimate of drug-likeness (QED) is 0.336. The summed E-state index contributed by atoms with van der Waals surface area (Å²) < 4.78 is 22.0. The number of nitrogens with one attached hydrogen (secondary N) is 1. The Bertz CT molecular complexity index is 975. The molecule has 4 aliphatic rings. The molecule has 180 valence electrons. The molecule has 1 saturated carbocycles. The number of para-hydroxylation sites is 1. The van der Waals surface area contributed by atoms with E-state index >= 15 is 0 Å². The summed E-state index contributed by atoms with van der Waals surface area (Å²) in [4.78, 5) is 20.1. The number of aromatic nitrogens is 1. The maximum Gasteiger partial charge on any atom is 0.319 e. The highest BCUT2D eigenvalue weighted by molar-refractivity contribution is 5.91. The molecule has 7 nitrogen and oxygen atoms in total. The molecule has 33 heavy (non-hydrogen) atoms. The average Bonchev–Trinajstić information content (AvgIpc) is 3.17. The van der Waals surface area contributed by atoms with Crippen LogP contribution >= 0.6 is 0 Å². The van der Waals surface area contributed by atoms with E-state index in [-0.39, 0.29) is 18.8 Å². The lowest BCUT2D eigenvalue weighted by molar-refractivity contribution is -0.166. The SMILES string of the molecule is CCOC(=O)C12C[C@@H]3CC(CCOCOCCOC)C1N(CCc1c2[nH]c2ccccc12)C3. The molecule has 1 aromatic heterocycles.